The average Bonchev–Trinajstić information content (AvgIpc) is 3.01. The molecule has 84 valence electrons. The Kier molecular flexibility index (Phi) is 2.80. The van der Waals surface area contributed by atoms with E-state index in [1.165, 1.54) is 21.7 Å². The number of hydrogen-bond acceptors (Lipinski definition) is 1. The van der Waals surface area contributed by atoms with Crippen LogP contribution < -0.4 is 0 Å². The van der Waals surface area contributed by atoms with Gasteiger partial charge in [0.2, 0.25) is 0 Å². The molecule has 0 saturated heterocycles. The Labute approximate surface area is 105 Å². The van der Waals surface area contributed by atoms with Gasteiger partial charge in [0.25, 0.3) is 0 Å². The lowest BCUT2D eigenvalue weighted by molar-refractivity contribution is 1.11. The van der Waals surface area contributed by atoms with Crippen LogP contribution in [0, 0.1) is 0 Å². The molecule has 0 saturated carbocycles. The molecule has 17 heavy (non-hydrogen) atoms. The minimum atomic E-state index is 0.970. The summed E-state index contributed by atoms with van der Waals surface area (Å²) in [5, 5.41) is 2.11. The van der Waals surface area contributed by atoms with Crippen molar-refractivity contribution < 1.29 is 0 Å². The number of thiophene rings is 1. The summed E-state index contributed by atoms with van der Waals surface area (Å²) in [4.78, 5) is 4.56. The summed E-state index contributed by atoms with van der Waals surface area (Å²) < 4.78 is 0. The molecule has 3 rings (SSSR count). The third kappa shape index (κ3) is 2.32. The molecule has 1 N–H and O–H groups in total. The largest absolute Gasteiger partial charge is 0.365 e. The molecular formula is C15H13NS. The van der Waals surface area contributed by atoms with E-state index in [1.54, 1.807) is 11.3 Å². The predicted octanol–water partition coefficient (Wildman–Crippen LogP) is 4.33. The second kappa shape index (κ2) is 4.60. The summed E-state index contributed by atoms with van der Waals surface area (Å²) in [6.07, 6.45) is 2.94. The second-order valence-electron chi connectivity index (χ2n) is 4.05. The van der Waals surface area contributed by atoms with Gasteiger partial charge in [0.15, 0.2) is 0 Å². The number of H-pyrrole nitrogens is 1. The van der Waals surface area contributed by atoms with Crippen LogP contribution in [0.4, 0.5) is 0 Å². The van der Waals surface area contributed by atoms with Gasteiger partial charge in [-0.3, -0.25) is 0 Å². The zero-order valence-electron chi connectivity index (χ0n) is 9.39. The molecule has 0 aliphatic carbocycles. The summed E-state index contributed by atoms with van der Waals surface area (Å²) in [6.45, 7) is 0. The first-order valence-electron chi connectivity index (χ1n) is 5.67. The van der Waals surface area contributed by atoms with Crippen LogP contribution in [0.15, 0.2) is 60.1 Å². The van der Waals surface area contributed by atoms with Gasteiger partial charge in [0.05, 0.1) is 0 Å². The van der Waals surface area contributed by atoms with E-state index in [0.717, 1.165) is 6.42 Å². The summed E-state index contributed by atoms with van der Waals surface area (Å²) in [7, 11) is 0. The van der Waals surface area contributed by atoms with Gasteiger partial charge in [-0.2, -0.15) is 0 Å². The van der Waals surface area contributed by atoms with Gasteiger partial charge >= 0.3 is 0 Å². The van der Waals surface area contributed by atoms with Gasteiger partial charge < -0.3 is 4.98 Å². The number of hydrogen-bond donors (Lipinski definition) is 1. The lowest BCUT2D eigenvalue weighted by Gasteiger charge is -2.01. The topological polar surface area (TPSA) is 15.8 Å². The summed E-state index contributed by atoms with van der Waals surface area (Å²) in [6, 6.07) is 17.2. The molecule has 0 amide bonds. The van der Waals surface area contributed by atoms with Crippen molar-refractivity contribution in [1.29, 1.82) is 0 Å². The fourth-order valence-corrected chi connectivity index (χ4v) is 2.66. The average molecular weight is 239 g/mol. The fourth-order valence-electron chi connectivity index (χ4n) is 1.93. The molecule has 0 spiro atoms. The van der Waals surface area contributed by atoms with Gasteiger partial charge in [-0.25, -0.2) is 0 Å². The Morgan fingerprint density at radius 3 is 2.47 bits per heavy atom. The van der Waals surface area contributed by atoms with Crippen molar-refractivity contribution in [3.05, 3.63) is 71.4 Å². The van der Waals surface area contributed by atoms with Crippen molar-refractivity contribution >= 4 is 11.3 Å². The monoisotopic (exact) mass is 239 g/mol. The maximum Gasteiger partial charge on any atom is 0.0342 e. The first-order chi connectivity index (χ1) is 8.42. The molecule has 0 fully saturated rings. The van der Waals surface area contributed by atoms with Crippen LogP contribution in [0.1, 0.15) is 11.3 Å². The molecule has 0 radical (unpaired) electrons. The van der Waals surface area contributed by atoms with Crippen molar-refractivity contribution in [2.75, 3.05) is 0 Å². The molecule has 0 bridgehead atoms. The van der Waals surface area contributed by atoms with Gasteiger partial charge in [-0.05, 0) is 34.7 Å². The van der Waals surface area contributed by atoms with E-state index in [-0.39, 0.29) is 0 Å². The Hall–Kier alpha value is -1.80. The number of rotatable bonds is 3. The van der Waals surface area contributed by atoms with Crippen LogP contribution in [-0.2, 0) is 6.42 Å². The maximum absolute atomic E-state index is 3.23. The van der Waals surface area contributed by atoms with Gasteiger partial charge in [-0.15, -0.1) is 11.3 Å². The first kappa shape index (κ1) is 10.4. The van der Waals surface area contributed by atoms with E-state index in [9.17, 15) is 0 Å². The van der Waals surface area contributed by atoms with Crippen molar-refractivity contribution in [1.82, 2.24) is 4.98 Å². The highest BCUT2D eigenvalue weighted by molar-refractivity contribution is 7.13. The summed E-state index contributed by atoms with van der Waals surface area (Å²) >= 11 is 1.78. The van der Waals surface area contributed by atoms with E-state index in [0.29, 0.717) is 0 Å². The maximum atomic E-state index is 3.23. The van der Waals surface area contributed by atoms with E-state index >= 15 is 0 Å². The third-order valence-corrected chi connectivity index (χ3v) is 3.74. The highest BCUT2D eigenvalue weighted by Crippen LogP contribution is 2.25. The third-order valence-electron chi connectivity index (χ3n) is 2.82. The number of aromatic nitrogens is 1. The minimum absolute atomic E-state index is 0.970. The van der Waals surface area contributed by atoms with Crippen molar-refractivity contribution in [2.45, 2.75) is 6.42 Å². The van der Waals surface area contributed by atoms with Crippen LogP contribution in [0.25, 0.3) is 10.4 Å². The van der Waals surface area contributed by atoms with E-state index in [2.05, 4.69) is 52.8 Å². The Morgan fingerprint density at radius 1 is 0.941 bits per heavy atom. The van der Waals surface area contributed by atoms with Gasteiger partial charge in [0.1, 0.15) is 0 Å². The molecule has 3 aromatic rings. The molecule has 2 heteroatoms. The van der Waals surface area contributed by atoms with Crippen LogP contribution in [-0.4, -0.2) is 4.98 Å². The first-order valence-corrected chi connectivity index (χ1v) is 6.55. The Morgan fingerprint density at radius 2 is 1.82 bits per heavy atom. The molecule has 2 aromatic heterocycles. The summed E-state index contributed by atoms with van der Waals surface area (Å²) in [5.74, 6) is 0. The zero-order chi connectivity index (χ0) is 11.5. The molecule has 1 aromatic carbocycles. The van der Waals surface area contributed by atoms with Crippen LogP contribution >= 0.6 is 11.3 Å². The van der Waals surface area contributed by atoms with Crippen molar-refractivity contribution in [2.24, 2.45) is 0 Å². The van der Waals surface area contributed by atoms with E-state index in [1.807, 2.05) is 12.3 Å². The van der Waals surface area contributed by atoms with Gasteiger partial charge in [-0.1, -0.05) is 30.3 Å². The minimum Gasteiger partial charge on any atom is -0.365 e. The molecular weight excluding hydrogens is 226 g/mol. The molecule has 0 unspecified atom stereocenters. The number of benzene rings is 1. The highest BCUT2D eigenvalue weighted by atomic mass is 32.1. The predicted molar refractivity (Wildman–Crippen MR) is 73.4 cm³/mol. The van der Waals surface area contributed by atoms with Gasteiger partial charge in [0, 0.05) is 23.2 Å². The molecule has 1 nitrogen and oxygen atoms in total. The molecule has 0 aliphatic rings. The second-order valence-corrected chi connectivity index (χ2v) is 4.99. The van der Waals surface area contributed by atoms with Crippen LogP contribution in [0.3, 0.4) is 0 Å². The van der Waals surface area contributed by atoms with E-state index in [4.69, 9.17) is 0 Å². The quantitative estimate of drug-likeness (QED) is 0.700. The van der Waals surface area contributed by atoms with Crippen molar-refractivity contribution in [3.63, 3.8) is 0 Å². The highest BCUT2D eigenvalue weighted by Gasteiger charge is 2.00. The zero-order valence-corrected chi connectivity index (χ0v) is 10.2. The molecule has 2 heterocycles. The fraction of sp³-hybridized carbons (Fsp3) is 0.0667. The standard InChI is InChI=1S/C15H13NS/c1-3-14(16-9-1)11-12-5-7-13(8-6-12)15-4-2-10-17-15/h1-10,16H,11H2. The molecule has 0 aliphatic heterocycles. The Balaban J connectivity index is 1.81. The number of aromatic amines is 1. The summed E-state index contributed by atoms with van der Waals surface area (Å²) in [5.41, 5.74) is 3.90. The normalized spacial score (nSPS) is 10.6. The van der Waals surface area contributed by atoms with Crippen LogP contribution in [0.2, 0.25) is 0 Å². The van der Waals surface area contributed by atoms with Crippen LogP contribution in [0.5, 0.6) is 0 Å². The SMILES string of the molecule is c1c[nH]c(Cc2ccc(-c3cccs3)cc2)c1. The van der Waals surface area contributed by atoms with E-state index < -0.39 is 0 Å². The smallest absolute Gasteiger partial charge is 0.0342 e. The number of nitrogens with one attached hydrogen (secondary N) is 1. The lowest BCUT2D eigenvalue weighted by atomic mass is 10.1. The molecule has 0 atom stereocenters. The van der Waals surface area contributed by atoms with Crippen molar-refractivity contribution in [3.8, 4) is 10.4 Å². The Bertz CT molecular complexity index is 562. The lowest BCUT2D eigenvalue weighted by Crippen LogP contribution is -1.87.